The summed E-state index contributed by atoms with van der Waals surface area (Å²) < 4.78 is 7.01. The van der Waals surface area contributed by atoms with E-state index in [1.165, 1.54) is 0 Å². The predicted octanol–water partition coefficient (Wildman–Crippen LogP) is 2.85. The summed E-state index contributed by atoms with van der Waals surface area (Å²) in [4.78, 5) is 24.0. The summed E-state index contributed by atoms with van der Waals surface area (Å²) in [6.07, 6.45) is 6.32. The third-order valence-electron chi connectivity index (χ3n) is 4.09. The molecule has 1 aliphatic heterocycles. The molecule has 2 amide bonds. The van der Waals surface area contributed by atoms with Crippen LogP contribution in [0.15, 0.2) is 42.6 Å². The molecule has 2 N–H and O–H groups in total. The monoisotopic (exact) mass is 430 g/mol. The molecule has 2 atom stereocenters. The molecule has 7 heteroatoms. The Labute approximate surface area is 177 Å². The smallest absolute Gasteiger partial charge is 0.412 e. The van der Waals surface area contributed by atoms with Gasteiger partial charge >= 0.3 is 6.09 Å². The average molecular weight is 430 g/mol. The van der Waals surface area contributed by atoms with E-state index in [9.17, 15) is 9.59 Å². The summed E-state index contributed by atoms with van der Waals surface area (Å²) in [5, 5.41) is 5.64. The summed E-state index contributed by atoms with van der Waals surface area (Å²) in [6, 6.07) is 9.96. The quantitative estimate of drug-likeness (QED) is 0.492. The summed E-state index contributed by atoms with van der Waals surface area (Å²) >= 11 is 0. The molecule has 6 nitrogen and oxygen atoms in total. The van der Waals surface area contributed by atoms with Crippen molar-refractivity contribution in [2.45, 2.75) is 39.7 Å². The Balaban J connectivity index is 0.00000392. The van der Waals surface area contributed by atoms with E-state index in [4.69, 9.17) is 4.74 Å². The van der Waals surface area contributed by atoms with E-state index in [-0.39, 0.29) is 41.4 Å². The van der Waals surface area contributed by atoms with Crippen molar-refractivity contribution in [1.29, 1.82) is 0 Å². The maximum absolute atomic E-state index is 12.0. The summed E-state index contributed by atoms with van der Waals surface area (Å²) in [7, 11) is 0. The molecule has 0 saturated carbocycles. The minimum atomic E-state index is -0.452. The van der Waals surface area contributed by atoms with Gasteiger partial charge in [-0.2, -0.15) is 10.5 Å². The maximum Gasteiger partial charge on any atom is 0.412 e. The second kappa shape index (κ2) is 12.4. The minimum absolute atomic E-state index is 0. The first kappa shape index (κ1) is 23.9. The van der Waals surface area contributed by atoms with Crippen LogP contribution in [0.4, 0.5) is 4.79 Å². The van der Waals surface area contributed by atoms with Crippen LogP contribution < -0.4 is 10.6 Å². The number of amides is 2. The zero-order valence-electron chi connectivity index (χ0n) is 16.6. The maximum atomic E-state index is 12.0. The van der Waals surface area contributed by atoms with Gasteiger partial charge in [-0.05, 0) is 25.0 Å². The third kappa shape index (κ3) is 8.71. The van der Waals surface area contributed by atoms with Crippen molar-refractivity contribution < 1.29 is 35.7 Å². The van der Waals surface area contributed by atoms with Crippen molar-refractivity contribution in [1.82, 2.24) is 10.6 Å². The largest absolute Gasteiger partial charge is 0.505 e. The van der Waals surface area contributed by atoms with Gasteiger partial charge in [-0.1, -0.05) is 44.2 Å². The Kier molecular flexibility index (Phi) is 10.6. The van der Waals surface area contributed by atoms with Crippen LogP contribution in [-0.4, -0.2) is 35.6 Å². The molecule has 0 fully saturated rings. The first-order valence-corrected chi connectivity index (χ1v) is 9.32. The van der Waals surface area contributed by atoms with Gasteiger partial charge in [0, 0.05) is 29.2 Å². The topological polar surface area (TPSA) is 70.4 Å². The Bertz CT molecular complexity index is 689. The number of nitrogens with one attached hydrogen (secondary N) is 2. The minimum Gasteiger partial charge on any atom is -0.505 e. The molecular formula is C21H29CoN3O3. The number of carbonyl (C=O) groups excluding carboxylic acids is 2. The summed E-state index contributed by atoms with van der Waals surface area (Å²) in [5.74, 6) is 0.0819. The molecule has 0 unspecified atom stereocenters. The van der Waals surface area contributed by atoms with Gasteiger partial charge in [0.2, 0.25) is 0 Å². The van der Waals surface area contributed by atoms with E-state index in [2.05, 4.69) is 10.6 Å². The number of carbonyl (C=O) groups is 2. The van der Waals surface area contributed by atoms with E-state index in [1.54, 1.807) is 17.3 Å². The van der Waals surface area contributed by atoms with E-state index >= 15 is 0 Å². The first-order chi connectivity index (χ1) is 12.9. The molecule has 28 heavy (non-hydrogen) atoms. The van der Waals surface area contributed by atoms with Crippen LogP contribution in [-0.2, 0) is 32.7 Å². The van der Waals surface area contributed by atoms with Gasteiger partial charge in [-0.15, -0.1) is 0 Å². The van der Waals surface area contributed by atoms with Crippen molar-refractivity contribution in [3.8, 4) is 0 Å². The number of rotatable bonds is 8. The van der Waals surface area contributed by atoms with E-state index in [0.29, 0.717) is 12.3 Å². The van der Waals surface area contributed by atoms with Crippen molar-refractivity contribution >= 4 is 18.2 Å². The standard InChI is InChI=1S/C21H29N3O3.Co/c1-16(2)14-22-20(25)19-9-11-24(12-10-19)15-27-21(26)23-17(3)13-18-7-5-4-6-8-18;/h4-9,11-12,14,16-17,19H,10,13,15H2,1-3H3,(H,22,25)(H,23,26);/t17-,19-;/m0./s1. The molecule has 0 bridgehead atoms. The fourth-order valence-electron chi connectivity index (χ4n) is 2.64. The van der Waals surface area contributed by atoms with E-state index < -0.39 is 6.09 Å². The van der Waals surface area contributed by atoms with E-state index in [0.717, 1.165) is 12.0 Å². The van der Waals surface area contributed by atoms with Crippen molar-refractivity contribution in [2.24, 2.45) is 11.8 Å². The summed E-state index contributed by atoms with van der Waals surface area (Å²) in [5.41, 5.74) is 1.16. The SMILES string of the molecule is CC(C)[CH-]NC(=O)[C@H]1C=C[N+](COC(=O)N[C@@H](C)Cc2ccccc2)=CC1.[Co]. The van der Waals surface area contributed by atoms with Gasteiger partial charge in [-0.3, -0.25) is 4.79 Å². The van der Waals surface area contributed by atoms with Gasteiger partial charge in [0.25, 0.3) is 6.73 Å². The molecule has 155 valence electrons. The second-order valence-electron chi connectivity index (χ2n) is 7.10. The number of hydrogen-bond acceptors (Lipinski definition) is 3. The number of alkyl carbamates (subject to hydrolysis) is 1. The zero-order valence-corrected chi connectivity index (χ0v) is 17.6. The van der Waals surface area contributed by atoms with Crippen molar-refractivity contribution in [2.75, 3.05) is 6.73 Å². The fraction of sp³-hybridized carbons (Fsp3) is 0.429. The summed E-state index contributed by atoms with van der Waals surface area (Å²) in [6.45, 7) is 7.86. The Morgan fingerprint density at radius 3 is 2.57 bits per heavy atom. The number of nitrogens with zero attached hydrogens (tertiary/aromatic N) is 1. The van der Waals surface area contributed by atoms with E-state index in [1.807, 2.05) is 63.4 Å². The van der Waals surface area contributed by atoms with Gasteiger partial charge < -0.3 is 15.4 Å². The molecule has 1 heterocycles. The van der Waals surface area contributed by atoms with Gasteiger partial charge in [-0.25, -0.2) is 11.3 Å². The average Bonchev–Trinajstić information content (AvgIpc) is 2.65. The molecule has 0 aliphatic carbocycles. The fourth-order valence-corrected chi connectivity index (χ4v) is 2.64. The Morgan fingerprint density at radius 1 is 1.25 bits per heavy atom. The van der Waals surface area contributed by atoms with Crippen LogP contribution in [0.5, 0.6) is 0 Å². The Hall–Kier alpha value is -2.12. The number of benzene rings is 1. The molecule has 0 spiro atoms. The normalized spacial score (nSPS) is 16.6. The second-order valence-corrected chi connectivity index (χ2v) is 7.10. The molecule has 1 radical (unpaired) electrons. The van der Waals surface area contributed by atoms with Gasteiger partial charge in [0.05, 0.1) is 5.92 Å². The van der Waals surface area contributed by atoms with Crippen LogP contribution in [0.3, 0.4) is 0 Å². The van der Waals surface area contributed by atoms with Crippen LogP contribution >= 0.6 is 0 Å². The third-order valence-corrected chi connectivity index (χ3v) is 4.09. The predicted molar refractivity (Wildman–Crippen MR) is 105 cm³/mol. The first-order valence-electron chi connectivity index (χ1n) is 9.32. The van der Waals surface area contributed by atoms with Crippen molar-refractivity contribution in [3.63, 3.8) is 0 Å². The molecule has 1 aromatic rings. The van der Waals surface area contributed by atoms with Crippen LogP contribution in [0.1, 0.15) is 32.8 Å². The molecule has 0 saturated heterocycles. The van der Waals surface area contributed by atoms with Crippen LogP contribution in [0.2, 0.25) is 0 Å². The molecule has 1 aliphatic rings. The number of ether oxygens (including phenoxy) is 1. The molecule has 0 aromatic heterocycles. The van der Waals surface area contributed by atoms with Gasteiger partial charge in [0.15, 0.2) is 12.1 Å². The molecule has 2 rings (SSSR count). The van der Waals surface area contributed by atoms with Crippen molar-refractivity contribution in [3.05, 3.63) is 54.7 Å². The molecule has 1 aromatic carbocycles. The van der Waals surface area contributed by atoms with Crippen LogP contribution in [0, 0.1) is 18.4 Å². The van der Waals surface area contributed by atoms with Gasteiger partial charge in [0.1, 0.15) is 6.21 Å². The van der Waals surface area contributed by atoms with Crippen LogP contribution in [0.25, 0.3) is 0 Å². The molecular weight excluding hydrogens is 401 g/mol. The Morgan fingerprint density at radius 2 is 1.96 bits per heavy atom. The number of hydrogen-bond donors (Lipinski definition) is 2. The zero-order chi connectivity index (χ0) is 19.6.